The van der Waals surface area contributed by atoms with Crippen molar-refractivity contribution in [1.82, 2.24) is 4.98 Å². The van der Waals surface area contributed by atoms with Crippen LogP contribution in [0.4, 0.5) is 0 Å². The molecule has 2 nitrogen and oxygen atoms in total. The fraction of sp³-hybridized carbons (Fsp3) is 0.118. The number of hydrogen-bond acceptors (Lipinski definition) is 2. The van der Waals surface area contributed by atoms with Crippen LogP contribution in [0.25, 0.3) is 10.9 Å². The summed E-state index contributed by atoms with van der Waals surface area (Å²) >= 11 is 12.0. The Morgan fingerprint density at radius 1 is 1.10 bits per heavy atom. The maximum atomic E-state index is 6.03. The molecule has 0 radical (unpaired) electrons. The van der Waals surface area contributed by atoms with Crippen molar-refractivity contribution in [3.63, 3.8) is 0 Å². The third-order valence-electron chi connectivity index (χ3n) is 3.29. The molecule has 0 atom stereocenters. The van der Waals surface area contributed by atoms with E-state index in [1.165, 1.54) is 0 Å². The monoisotopic (exact) mass is 317 g/mol. The van der Waals surface area contributed by atoms with Gasteiger partial charge in [-0.3, -0.25) is 0 Å². The van der Waals surface area contributed by atoms with Gasteiger partial charge in [-0.2, -0.15) is 0 Å². The topological polar surface area (TPSA) is 22.1 Å². The molecular formula is C17H13Cl2NO. The number of rotatable bonds is 3. The molecule has 0 unspecified atom stereocenters. The quantitative estimate of drug-likeness (QED) is 0.576. The van der Waals surface area contributed by atoms with Crippen LogP contribution in [-0.2, 0) is 5.88 Å². The first-order valence-corrected chi connectivity index (χ1v) is 7.47. The Kier molecular flexibility index (Phi) is 4.00. The summed E-state index contributed by atoms with van der Waals surface area (Å²) in [6.45, 7) is 1.97. The van der Waals surface area contributed by atoms with Crippen LogP contribution in [0.5, 0.6) is 11.6 Å². The third-order valence-corrected chi connectivity index (χ3v) is 3.81. The zero-order chi connectivity index (χ0) is 14.8. The molecule has 0 aliphatic rings. The van der Waals surface area contributed by atoms with E-state index in [1.807, 2.05) is 49.4 Å². The number of aromatic nitrogens is 1. The summed E-state index contributed by atoms with van der Waals surface area (Å²) in [5.74, 6) is 1.63. The van der Waals surface area contributed by atoms with Crippen LogP contribution in [0.3, 0.4) is 0 Å². The molecule has 0 spiro atoms. The van der Waals surface area contributed by atoms with Gasteiger partial charge in [-0.15, -0.1) is 11.6 Å². The summed E-state index contributed by atoms with van der Waals surface area (Å²) in [5.41, 5.74) is 2.86. The predicted molar refractivity (Wildman–Crippen MR) is 87.6 cm³/mol. The zero-order valence-electron chi connectivity index (χ0n) is 11.4. The lowest BCUT2D eigenvalue weighted by atomic mass is 10.1. The molecule has 1 aromatic heterocycles. The van der Waals surface area contributed by atoms with E-state index in [1.54, 1.807) is 6.07 Å². The minimum Gasteiger partial charge on any atom is -0.439 e. The van der Waals surface area contributed by atoms with Gasteiger partial charge in [0.1, 0.15) is 5.75 Å². The molecule has 0 aliphatic carbocycles. The Bertz CT molecular complexity index is 802. The SMILES string of the molecule is Cc1ccc(Cl)cc1Oc1cc(CCl)c2ccccc2n1. The van der Waals surface area contributed by atoms with Crippen molar-refractivity contribution < 1.29 is 4.74 Å². The summed E-state index contributed by atoms with van der Waals surface area (Å²) in [5, 5.41) is 1.68. The number of aryl methyl sites for hydroxylation is 1. The lowest BCUT2D eigenvalue weighted by molar-refractivity contribution is 0.461. The van der Waals surface area contributed by atoms with Crippen LogP contribution in [0, 0.1) is 6.92 Å². The second-order valence-electron chi connectivity index (χ2n) is 4.78. The van der Waals surface area contributed by atoms with Crippen LogP contribution in [0.15, 0.2) is 48.5 Å². The Morgan fingerprint density at radius 3 is 2.71 bits per heavy atom. The Hall–Kier alpha value is -1.77. The lowest BCUT2D eigenvalue weighted by Gasteiger charge is -2.11. The summed E-state index contributed by atoms with van der Waals surface area (Å²) in [4.78, 5) is 4.53. The van der Waals surface area contributed by atoms with Gasteiger partial charge in [-0.1, -0.05) is 35.9 Å². The van der Waals surface area contributed by atoms with Gasteiger partial charge >= 0.3 is 0 Å². The second-order valence-corrected chi connectivity index (χ2v) is 5.49. The van der Waals surface area contributed by atoms with Gasteiger partial charge in [0.05, 0.1) is 5.52 Å². The van der Waals surface area contributed by atoms with Gasteiger partial charge in [0.15, 0.2) is 0 Å². The molecule has 0 N–H and O–H groups in total. The maximum Gasteiger partial charge on any atom is 0.220 e. The minimum atomic E-state index is 0.411. The number of pyridine rings is 1. The number of nitrogens with zero attached hydrogens (tertiary/aromatic N) is 1. The number of benzene rings is 2. The Balaban J connectivity index is 2.06. The van der Waals surface area contributed by atoms with Gasteiger partial charge in [0.2, 0.25) is 5.88 Å². The van der Waals surface area contributed by atoms with Crippen molar-refractivity contribution in [2.45, 2.75) is 12.8 Å². The molecule has 3 aromatic rings. The highest BCUT2D eigenvalue weighted by atomic mass is 35.5. The highest BCUT2D eigenvalue weighted by Gasteiger charge is 2.08. The van der Waals surface area contributed by atoms with Gasteiger partial charge in [0.25, 0.3) is 0 Å². The molecule has 3 rings (SSSR count). The van der Waals surface area contributed by atoms with Gasteiger partial charge < -0.3 is 4.74 Å². The molecular weight excluding hydrogens is 305 g/mol. The number of fused-ring (bicyclic) bond motifs is 1. The van der Waals surface area contributed by atoms with Gasteiger partial charge in [-0.25, -0.2) is 4.98 Å². The second kappa shape index (κ2) is 5.92. The normalized spacial score (nSPS) is 10.8. The van der Waals surface area contributed by atoms with Crippen molar-refractivity contribution in [2.24, 2.45) is 0 Å². The highest BCUT2D eigenvalue weighted by molar-refractivity contribution is 6.30. The predicted octanol–water partition coefficient (Wildman–Crippen LogP) is 5.73. The lowest BCUT2D eigenvalue weighted by Crippen LogP contribution is -1.93. The third kappa shape index (κ3) is 2.97. The summed E-state index contributed by atoms with van der Waals surface area (Å²) in [7, 11) is 0. The Labute approximate surface area is 133 Å². The van der Waals surface area contributed by atoms with E-state index >= 15 is 0 Å². The van der Waals surface area contributed by atoms with E-state index < -0.39 is 0 Å². The van der Waals surface area contributed by atoms with Crippen LogP contribution >= 0.6 is 23.2 Å². The number of hydrogen-bond donors (Lipinski definition) is 0. The zero-order valence-corrected chi connectivity index (χ0v) is 12.9. The standard InChI is InChI=1S/C17H13Cl2NO/c1-11-6-7-13(19)9-16(11)21-17-8-12(10-18)14-4-2-3-5-15(14)20-17/h2-9H,10H2,1H3. The van der Waals surface area contributed by atoms with Crippen LogP contribution < -0.4 is 4.74 Å². The van der Waals surface area contributed by atoms with Crippen molar-refractivity contribution in [3.8, 4) is 11.6 Å². The van der Waals surface area contributed by atoms with Crippen molar-refractivity contribution >= 4 is 34.1 Å². The fourth-order valence-electron chi connectivity index (χ4n) is 2.18. The van der Waals surface area contributed by atoms with E-state index in [2.05, 4.69) is 4.98 Å². The summed E-state index contributed by atoms with van der Waals surface area (Å²) in [6, 6.07) is 15.3. The number of alkyl halides is 1. The first kappa shape index (κ1) is 14.2. The van der Waals surface area contributed by atoms with Crippen LogP contribution in [0.2, 0.25) is 5.02 Å². The largest absolute Gasteiger partial charge is 0.439 e. The average molecular weight is 318 g/mol. The van der Waals surface area contributed by atoms with E-state index in [9.17, 15) is 0 Å². The summed E-state index contributed by atoms with van der Waals surface area (Å²) in [6.07, 6.45) is 0. The van der Waals surface area contributed by atoms with E-state index in [0.29, 0.717) is 22.5 Å². The minimum absolute atomic E-state index is 0.411. The smallest absolute Gasteiger partial charge is 0.220 e. The highest BCUT2D eigenvalue weighted by Crippen LogP contribution is 2.30. The molecule has 21 heavy (non-hydrogen) atoms. The number of para-hydroxylation sites is 1. The first-order chi connectivity index (χ1) is 10.2. The molecule has 0 bridgehead atoms. The molecule has 0 saturated carbocycles. The van der Waals surface area contributed by atoms with E-state index in [-0.39, 0.29) is 0 Å². The molecule has 2 aromatic carbocycles. The summed E-state index contributed by atoms with van der Waals surface area (Å²) < 4.78 is 5.89. The molecule has 106 valence electrons. The first-order valence-electron chi connectivity index (χ1n) is 6.56. The van der Waals surface area contributed by atoms with Gasteiger partial charge in [0, 0.05) is 22.4 Å². The number of halogens is 2. The fourth-order valence-corrected chi connectivity index (χ4v) is 2.56. The molecule has 0 amide bonds. The van der Waals surface area contributed by atoms with E-state index in [0.717, 1.165) is 22.0 Å². The number of ether oxygens (including phenoxy) is 1. The molecule has 0 saturated heterocycles. The van der Waals surface area contributed by atoms with E-state index in [4.69, 9.17) is 27.9 Å². The molecule has 0 fully saturated rings. The molecule has 4 heteroatoms. The van der Waals surface area contributed by atoms with Gasteiger partial charge in [-0.05, 0) is 36.2 Å². The van der Waals surface area contributed by atoms with Crippen LogP contribution in [-0.4, -0.2) is 4.98 Å². The van der Waals surface area contributed by atoms with Crippen molar-refractivity contribution in [1.29, 1.82) is 0 Å². The van der Waals surface area contributed by atoms with Crippen LogP contribution in [0.1, 0.15) is 11.1 Å². The average Bonchev–Trinajstić information content (AvgIpc) is 2.50. The molecule has 0 aliphatic heterocycles. The Morgan fingerprint density at radius 2 is 1.90 bits per heavy atom. The van der Waals surface area contributed by atoms with Crippen molar-refractivity contribution in [2.75, 3.05) is 0 Å². The van der Waals surface area contributed by atoms with Crippen molar-refractivity contribution in [3.05, 3.63) is 64.7 Å². The molecule has 1 heterocycles. The maximum absolute atomic E-state index is 6.03.